The zero-order valence-electron chi connectivity index (χ0n) is 10.4. The molecule has 100 valence electrons. The lowest BCUT2D eigenvalue weighted by molar-refractivity contribution is 0.596. The van der Waals surface area contributed by atoms with Crippen molar-refractivity contribution in [2.45, 2.75) is 23.6 Å². The largest absolute Gasteiger partial charge is 0.218 e. The molecule has 0 aliphatic rings. The number of aryl methyl sites for hydroxylation is 2. The summed E-state index contributed by atoms with van der Waals surface area (Å²) in [6.07, 6.45) is 0. The molecule has 0 radical (unpaired) electrons. The van der Waals surface area contributed by atoms with Gasteiger partial charge in [0, 0.05) is 0 Å². The summed E-state index contributed by atoms with van der Waals surface area (Å²) >= 11 is 12.2. The van der Waals surface area contributed by atoms with Crippen molar-refractivity contribution in [3.05, 3.63) is 57.6 Å². The van der Waals surface area contributed by atoms with Crippen molar-refractivity contribution < 1.29 is 8.42 Å². The molecule has 0 fully saturated rings. The van der Waals surface area contributed by atoms with Gasteiger partial charge in [-0.25, -0.2) is 8.42 Å². The predicted molar refractivity (Wildman–Crippen MR) is 77.8 cm³/mol. The number of hydrogen-bond acceptors (Lipinski definition) is 2. The number of sulfone groups is 1. The highest BCUT2D eigenvalue weighted by molar-refractivity contribution is 7.91. The van der Waals surface area contributed by atoms with Crippen molar-refractivity contribution in [3.8, 4) is 0 Å². The zero-order valence-corrected chi connectivity index (χ0v) is 12.8. The Morgan fingerprint density at radius 3 is 1.53 bits per heavy atom. The second-order valence-corrected chi connectivity index (χ2v) is 6.92. The van der Waals surface area contributed by atoms with Gasteiger partial charge in [-0.15, -0.1) is 0 Å². The Kier molecular flexibility index (Phi) is 3.90. The molecule has 0 N–H and O–H groups in total. The van der Waals surface area contributed by atoms with Crippen LogP contribution in [0.2, 0.25) is 10.0 Å². The lowest BCUT2D eigenvalue weighted by Crippen LogP contribution is -2.05. The fourth-order valence-corrected chi connectivity index (χ4v) is 4.18. The van der Waals surface area contributed by atoms with Gasteiger partial charge in [-0.1, -0.05) is 47.5 Å². The summed E-state index contributed by atoms with van der Waals surface area (Å²) in [5.41, 5.74) is 1.43. The Morgan fingerprint density at radius 1 is 0.789 bits per heavy atom. The maximum atomic E-state index is 12.6. The summed E-state index contributed by atoms with van der Waals surface area (Å²) < 4.78 is 25.2. The van der Waals surface area contributed by atoms with Crippen molar-refractivity contribution in [1.82, 2.24) is 0 Å². The van der Waals surface area contributed by atoms with Gasteiger partial charge in [-0.2, -0.15) is 0 Å². The molecule has 0 aromatic heterocycles. The van der Waals surface area contributed by atoms with E-state index in [2.05, 4.69) is 0 Å². The average Bonchev–Trinajstić information content (AvgIpc) is 2.35. The maximum Gasteiger partial charge on any atom is 0.209 e. The van der Waals surface area contributed by atoms with Gasteiger partial charge >= 0.3 is 0 Å². The number of halogens is 2. The van der Waals surface area contributed by atoms with Gasteiger partial charge in [0.1, 0.15) is 0 Å². The highest BCUT2D eigenvalue weighted by Gasteiger charge is 2.24. The summed E-state index contributed by atoms with van der Waals surface area (Å²) in [5, 5.41) is 0.472. The molecule has 0 saturated heterocycles. The van der Waals surface area contributed by atoms with Crippen LogP contribution < -0.4 is 0 Å². The molecule has 0 atom stereocenters. The molecule has 2 rings (SSSR count). The summed E-state index contributed by atoms with van der Waals surface area (Å²) in [6, 6.07) is 9.83. The highest BCUT2D eigenvalue weighted by Crippen LogP contribution is 2.34. The first-order chi connectivity index (χ1) is 8.85. The highest BCUT2D eigenvalue weighted by atomic mass is 35.5. The summed E-state index contributed by atoms with van der Waals surface area (Å²) in [7, 11) is -3.71. The van der Waals surface area contributed by atoms with Crippen LogP contribution in [0.1, 0.15) is 11.1 Å². The van der Waals surface area contributed by atoms with E-state index in [1.807, 2.05) is 0 Å². The normalized spacial score (nSPS) is 11.6. The van der Waals surface area contributed by atoms with Crippen molar-refractivity contribution in [3.63, 3.8) is 0 Å². The van der Waals surface area contributed by atoms with E-state index in [0.29, 0.717) is 11.1 Å². The van der Waals surface area contributed by atoms with Gasteiger partial charge in [-0.3, -0.25) is 0 Å². The third kappa shape index (κ3) is 2.50. The molecule has 2 nitrogen and oxygen atoms in total. The molecule has 0 unspecified atom stereocenters. The molecule has 0 aliphatic heterocycles. The number of hydrogen-bond donors (Lipinski definition) is 0. The fourth-order valence-electron chi connectivity index (χ4n) is 1.77. The second-order valence-electron chi connectivity index (χ2n) is 4.28. The van der Waals surface area contributed by atoms with Gasteiger partial charge in [0.15, 0.2) is 0 Å². The minimum atomic E-state index is -3.71. The Morgan fingerprint density at radius 2 is 1.16 bits per heavy atom. The van der Waals surface area contributed by atoms with Gasteiger partial charge in [0.25, 0.3) is 0 Å². The number of benzene rings is 2. The smallest absolute Gasteiger partial charge is 0.209 e. The molecule has 0 spiro atoms. The van der Waals surface area contributed by atoms with Gasteiger partial charge in [0.2, 0.25) is 9.84 Å². The first-order valence-electron chi connectivity index (χ1n) is 5.61. The number of rotatable bonds is 2. The van der Waals surface area contributed by atoms with E-state index < -0.39 is 9.84 Å². The fraction of sp³-hybridized carbons (Fsp3) is 0.143. The summed E-state index contributed by atoms with van der Waals surface area (Å²) in [4.78, 5) is 0.170. The van der Waals surface area contributed by atoms with Gasteiger partial charge in [-0.05, 0) is 37.1 Å². The minimum Gasteiger partial charge on any atom is -0.218 e. The Labute approximate surface area is 122 Å². The molecule has 19 heavy (non-hydrogen) atoms. The molecule has 2 aromatic carbocycles. The maximum absolute atomic E-state index is 12.6. The van der Waals surface area contributed by atoms with Gasteiger partial charge < -0.3 is 0 Å². The van der Waals surface area contributed by atoms with Crippen LogP contribution in [-0.4, -0.2) is 8.42 Å². The Bertz CT molecular complexity index is 680. The first kappa shape index (κ1) is 14.4. The van der Waals surface area contributed by atoms with Crippen molar-refractivity contribution in [2.75, 3.05) is 0 Å². The van der Waals surface area contributed by atoms with E-state index in [1.54, 1.807) is 38.1 Å². The van der Waals surface area contributed by atoms with E-state index in [9.17, 15) is 8.42 Å². The predicted octanol–water partition coefficient (Wildman–Crippen LogP) is 4.44. The van der Waals surface area contributed by atoms with E-state index >= 15 is 0 Å². The van der Waals surface area contributed by atoms with Crippen LogP contribution in [0.5, 0.6) is 0 Å². The van der Waals surface area contributed by atoms with Crippen molar-refractivity contribution in [2.24, 2.45) is 0 Å². The first-order valence-corrected chi connectivity index (χ1v) is 7.85. The summed E-state index contributed by atoms with van der Waals surface area (Å²) in [5.74, 6) is 0. The van der Waals surface area contributed by atoms with Crippen molar-refractivity contribution >= 4 is 33.0 Å². The van der Waals surface area contributed by atoms with Crippen LogP contribution >= 0.6 is 23.2 Å². The van der Waals surface area contributed by atoms with Crippen molar-refractivity contribution in [1.29, 1.82) is 0 Å². The molecule has 0 amide bonds. The quantitative estimate of drug-likeness (QED) is 0.821. The molecular weight excluding hydrogens is 303 g/mol. The molecular formula is C14H12Cl2O2S. The molecule has 2 aromatic rings. The lowest BCUT2D eigenvalue weighted by Gasteiger charge is -2.11. The zero-order chi connectivity index (χ0) is 14.2. The third-order valence-electron chi connectivity index (χ3n) is 2.89. The second kappa shape index (κ2) is 5.16. The molecule has 0 bridgehead atoms. The van der Waals surface area contributed by atoms with E-state index in [1.165, 1.54) is 12.1 Å². The monoisotopic (exact) mass is 314 g/mol. The topological polar surface area (TPSA) is 34.1 Å². The standard InChI is InChI=1S/C14H12Cl2O2S/c1-9-5-3-7-11(13(9)15)19(17,18)12-8-4-6-10(2)14(12)16/h3-8H,1-2H3. The van der Waals surface area contributed by atoms with Crippen LogP contribution in [0, 0.1) is 13.8 Å². The molecule has 0 aliphatic carbocycles. The van der Waals surface area contributed by atoms with Crippen LogP contribution in [-0.2, 0) is 9.84 Å². The Hall–Kier alpha value is -1.03. The van der Waals surface area contributed by atoms with E-state index in [4.69, 9.17) is 23.2 Å². The van der Waals surface area contributed by atoms with Crippen LogP contribution in [0.3, 0.4) is 0 Å². The minimum absolute atomic E-state index is 0.0849. The van der Waals surface area contributed by atoms with Crippen LogP contribution in [0.4, 0.5) is 0 Å². The third-order valence-corrected chi connectivity index (χ3v) is 5.96. The SMILES string of the molecule is Cc1cccc(S(=O)(=O)c2cccc(C)c2Cl)c1Cl. The molecule has 5 heteroatoms. The molecule has 0 heterocycles. The Balaban J connectivity index is 2.73. The van der Waals surface area contributed by atoms with E-state index in [0.717, 1.165) is 0 Å². The summed E-state index contributed by atoms with van der Waals surface area (Å²) in [6.45, 7) is 3.53. The molecule has 0 saturated carbocycles. The average molecular weight is 315 g/mol. The lowest BCUT2D eigenvalue weighted by atomic mass is 10.2. The van der Waals surface area contributed by atoms with Crippen LogP contribution in [0.15, 0.2) is 46.2 Å². The van der Waals surface area contributed by atoms with Crippen LogP contribution in [0.25, 0.3) is 0 Å². The van der Waals surface area contributed by atoms with E-state index in [-0.39, 0.29) is 19.8 Å². The van der Waals surface area contributed by atoms with Gasteiger partial charge in [0.05, 0.1) is 19.8 Å².